The molecular weight excluding hydrogens is 292 g/mol. The van der Waals surface area contributed by atoms with Crippen LogP contribution in [0.25, 0.3) is 0 Å². The molecule has 0 aliphatic rings. The summed E-state index contributed by atoms with van der Waals surface area (Å²) >= 11 is 5.13. The van der Waals surface area contributed by atoms with E-state index >= 15 is 0 Å². The van der Waals surface area contributed by atoms with Crippen molar-refractivity contribution in [2.75, 3.05) is 12.5 Å². The van der Waals surface area contributed by atoms with E-state index in [-0.39, 0.29) is 0 Å². The smallest absolute Gasteiger partial charge is 0.271 e. The molecule has 0 aliphatic heterocycles. The van der Waals surface area contributed by atoms with Gasteiger partial charge in [-0.3, -0.25) is 4.79 Å². The molecule has 94 valence electrons. The second kappa shape index (κ2) is 4.31. The molecule has 1 aromatic rings. The summed E-state index contributed by atoms with van der Waals surface area (Å²) in [5.74, 6) is 0. The van der Waals surface area contributed by atoms with Gasteiger partial charge in [0.2, 0.25) is 15.0 Å². The van der Waals surface area contributed by atoms with Gasteiger partial charge in [0.15, 0.2) is 14.9 Å². The highest BCUT2D eigenvalue weighted by molar-refractivity contribution is 7.91. The zero-order valence-corrected chi connectivity index (χ0v) is 11.1. The number of halogens is 1. The first-order chi connectivity index (χ1) is 7.51. The first kappa shape index (κ1) is 14.0. The van der Waals surface area contributed by atoms with Crippen LogP contribution in [0.2, 0.25) is 0 Å². The Kier molecular flexibility index (Phi) is 3.55. The summed E-state index contributed by atoms with van der Waals surface area (Å²) in [6, 6.07) is 0.819. The molecule has 0 N–H and O–H groups in total. The number of aromatic nitrogens is 2. The van der Waals surface area contributed by atoms with Crippen molar-refractivity contribution in [1.82, 2.24) is 9.97 Å². The van der Waals surface area contributed by atoms with Gasteiger partial charge in [-0.25, -0.2) is 26.8 Å². The molecule has 10 heteroatoms. The first-order valence-electron chi connectivity index (χ1n) is 4.01. The molecule has 1 heterocycles. The first-order valence-corrected chi connectivity index (χ1v) is 8.17. The molecule has 0 saturated heterocycles. The van der Waals surface area contributed by atoms with E-state index in [1.54, 1.807) is 0 Å². The minimum absolute atomic E-state index is 0.484. The van der Waals surface area contributed by atoms with Gasteiger partial charge in [0.1, 0.15) is 5.69 Å². The zero-order chi connectivity index (χ0) is 13.4. The maximum atomic E-state index is 11.2. The fraction of sp³-hybridized carbons (Fsp3) is 0.286. The van der Waals surface area contributed by atoms with E-state index in [1.807, 2.05) is 0 Å². The standard InChI is InChI=1S/C7H7ClN2O5S2/c1-16(12,13)5-3-4(6(8)11)9-7(10-5)17(2,14)15/h3H,1-2H3. The van der Waals surface area contributed by atoms with Gasteiger partial charge in [0.25, 0.3) is 5.24 Å². The Morgan fingerprint density at radius 3 is 2.00 bits per heavy atom. The molecule has 1 rings (SSSR count). The molecule has 0 saturated carbocycles. The molecular formula is C7H7ClN2O5S2. The molecule has 0 amide bonds. The van der Waals surface area contributed by atoms with Crippen molar-refractivity contribution in [1.29, 1.82) is 0 Å². The highest BCUT2D eigenvalue weighted by Gasteiger charge is 2.20. The summed E-state index contributed by atoms with van der Waals surface area (Å²) in [4.78, 5) is 17.6. The molecule has 7 nitrogen and oxygen atoms in total. The van der Waals surface area contributed by atoms with Crippen LogP contribution in [0, 0.1) is 0 Å². The van der Waals surface area contributed by atoms with Crippen LogP contribution in [0.4, 0.5) is 0 Å². The molecule has 0 atom stereocenters. The number of carbonyl (C=O) groups excluding carboxylic acids is 1. The van der Waals surface area contributed by atoms with Gasteiger partial charge in [-0.1, -0.05) is 0 Å². The third-order valence-corrected chi connectivity index (χ3v) is 3.60. The van der Waals surface area contributed by atoms with Crippen LogP contribution in [-0.4, -0.2) is 44.6 Å². The largest absolute Gasteiger partial charge is 0.274 e. The van der Waals surface area contributed by atoms with Crippen molar-refractivity contribution >= 4 is 36.5 Å². The lowest BCUT2D eigenvalue weighted by Gasteiger charge is -2.02. The van der Waals surface area contributed by atoms with Crippen LogP contribution in [-0.2, 0) is 19.7 Å². The van der Waals surface area contributed by atoms with Gasteiger partial charge in [-0.05, 0) is 11.6 Å². The second-order valence-corrected chi connectivity index (χ2v) is 7.41. The van der Waals surface area contributed by atoms with Gasteiger partial charge in [0, 0.05) is 18.6 Å². The number of hydrogen-bond acceptors (Lipinski definition) is 7. The summed E-state index contributed by atoms with van der Waals surface area (Å²) < 4.78 is 44.9. The zero-order valence-electron chi connectivity index (χ0n) is 8.71. The van der Waals surface area contributed by atoms with Crippen LogP contribution in [0.3, 0.4) is 0 Å². The van der Waals surface area contributed by atoms with Gasteiger partial charge in [-0.2, -0.15) is 0 Å². The fourth-order valence-electron chi connectivity index (χ4n) is 0.860. The van der Waals surface area contributed by atoms with Crippen LogP contribution >= 0.6 is 11.6 Å². The number of nitrogens with zero attached hydrogens (tertiary/aromatic N) is 2. The lowest BCUT2D eigenvalue weighted by Crippen LogP contribution is -2.12. The maximum absolute atomic E-state index is 11.2. The molecule has 0 unspecified atom stereocenters. The summed E-state index contributed by atoms with van der Waals surface area (Å²) in [6.07, 6.45) is 1.61. The quantitative estimate of drug-likeness (QED) is 0.426. The Morgan fingerprint density at radius 1 is 1.12 bits per heavy atom. The molecule has 0 bridgehead atoms. The van der Waals surface area contributed by atoms with Crippen molar-refractivity contribution < 1.29 is 21.6 Å². The van der Waals surface area contributed by atoms with E-state index in [0.717, 1.165) is 18.6 Å². The Hall–Kier alpha value is -1.06. The molecule has 0 spiro atoms. The third kappa shape index (κ3) is 3.45. The number of carbonyl (C=O) groups is 1. The molecule has 0 aromatic carbocycles. The summed E-state index contributed by atoms with van der Waals surface area (Å²) in [5, 5.41) is -2.40. The van der Waals surface area contributed by atoms with Crippen LogP contribution in [0.5, 0.6) is 0 Å². The van der Waals surface area contributed by atoms with E-state index in [9.17, 15) is 21.6 Å². The van der Waals surface area contributed by atoms with Gasteiger partial charge < -0.3 is 0 Å². The Bertz CT molecular complexity index is 630. The highest BCUT2D eigenvalue weighted by Crippen LogP contribution is 2.12. The maximum Gasteiger partial charge on any atom is 0.271 e. The SMILES string of the molecule is CS(=O)(=O)c1cc(C(=O)Cl)nc(S(C)(=O)=O)n1. The van der Waals surface area contributed by atoms with E-state index in [0.29, 0.717) is 0 Å². The minimum atomic E-state index is -3.84. The lowest BCUT2D eigenvalue weighted by atomic mass is 10.4. The molecule has 1 aromatic heterocycles. The average molecular weight is 299 g/mol. The van der Waals surface area contributed by atoms with Crippen molar-refractivity contribution in [3.63, 3.8) is 0 Å². The Labute approximate surface area is 103 Å². The Morgan fingerprint density at radius 2 is 1.65 bits per heavy atom. The van der Waals surface area contributed by atoms with Gasteiger partial charge in [-0.15, -0.1) is 0 Å². The average Bonchev–Trinajstić information content (AvgIpc) is 2.14. The van der Waals surface area contributed by atoms with Crippen molar-refractivity contribution in [2.24, 2.45) is 0 Å². The summed E-state index contributed by atoms with van der Waals surface area (Å²) in [5.41, 5.74) is -0.484. The normalized spacial score (nSPS) is 12.4. The number of sulfone groups is 2. The number of hydrogen-bond donors (Lipinski definition) is 0. The Balaban J connectivity index is 3.68. The lowest BCUT2D eigenvalue weighted by molar-refractivity contribution is 0.107. The fourth-order valence-corrected chi connectivity index (χ4v) is 2.12. The van der Waals surface area contributed by atoms with Gasteiger partial charge >= 0.3 is 0 Å². The van der Waals surface area contributed by atoms with Crippen molar-refractivity contribution in [3.05, 3.63) is 11.8 Å². The third-order valence-electron chi connectivity index (χ3n) is 1.60. The van der Waals surface area contributed by atoms with E-state index in [2.05, 4.69) is 9.97 Å². The predicted molar refractivity (Wildman–Crippen MR) is 58.4 cm³/mol. The number of rotatable bonds is 3. The van der Waals surface area contributed by atoms with E-state index in [1.165, 1.54) is 0 Å². The van der Waals surface area contributed by atoms with Crippen molar-refractivity contribution in [2.45, 2.75) is 10.2 Å². The van der Waals surface area contributed by atoms with Crippen LogP contribution in [0.15, 0.2) is 16.2 Å². The topological polar surface area (TPSA) is 111 Å². The monoisotopic (exact) mass is 298 g/mol. The van der Waals surface area contributed by atoms with Crippen LogP contribution in [0.1, 0.15) is 10.5 Å². The summed E-state index contributed by atoms with van der Waals surface area (Å²) in [7, 11) is -7.61. The van der Waals surface area contributed by atoms with Gasteiger partial charge in [0.05, 0.1) is 0 Å². The molecule has 0 radical (unpaired) electrons. The van der Waals surface area contributed by atoms with Crippen molar-refractivity contribution in [3.8, 4) is 0 Å². The van der Waals surface area contributed by atoms with E-state index in [4.69, 9.17) is 11.6 Å². The second-order valence-electron chi connectivity index (χ2n) is 3.19. The van der Waals surface area contributed by atoms with E-state index < -0.39 is 40.8 Å². The minimum Gasteiger partial charge on any atom is -0.274 e. The predicted octanol–water partition coefficient (Wildman–Crippen LogP) is -0.337. The molecule has 17 heavy (non-hydrogen) atoms. The molecule has 0 aliphatic carbocycles. The molecule has 0 fully saturated rings. The van der Waals surface area contributed by atoms with Crippen LogP contribution < -0.4 is 0 Å². The summed E-state index contributed by atoms with van der Waals surface area (Å²) in [6.45, 7) is 0. The highest BCUT2D eigenvalue weighted by atomic mass is 35.5.